The first kappa shape index (κ1) is 20.7. The number of benzene rings is 1. The fraction of sp³-hybridized carbons (Fsp3) is 0.520. The lowest BCUT2D eigenvalue weighted by Crippen LogP contribution is -2.39. The van der Waals surface area contributed by atoms with Crippen LogP contribution in [0.1, 0.15) is 70.3 Å². The molecule has 30 heavy (non-hydrogen) atoms. The summed E-state index contributed by atoms with van der Waals surface area (Å²) in [6.07, 6.45) is 5.57. The van der Waals surface area contributed by atoms with Crippen molar-refractivity contribution in [2.24, 2.45) is 0 Å². The van der Waals surface area contributed by atoms with Gasteiger partial charge in [0.15, 0.2) is 23.1 Å². The van der Waals surface area contributed by atoms with E-state index >= 15 is 0 Å². The van der Waals surface area contributed by atoms with Gasteiger partial charge in [0.1, 0.15) is 0 Å². The molecule has 0 atom stereocenters. The summed E-state index contributed by atoms with van der Waals surface area (Å²) in [5.74, 6) is 1.40. The predicted molar refractivity (Wildman–Crippen MR) is 116 cm³/mol. The Balaban J connectivity index is 1.88. The molecule has 0 amide bonds. The molecule has 0 unspecified atom stereocenters. The molecule has 0 N–H and O–H groups in total. The zero-order valence-electron chi connectivity index (χ0n) is 18.3. The van der Waals surface area contributed by atoms with Gasteiger partial charge in [0, 0.05) is 47.8 Å². The largest absolute Gasteiger partial charge is 0.493 e. The lowest BCUT2D eigenvalue weighted by atomic mass is 9.71. The zero-order valence-corrected chi connectivity index (χ0v) is 18.3. The lowest BCUT2D eigenvalue weighted by Gasteiger charge is -2.43. The highest BCUT2D eigenvalue weighted by Crippen LogP contribution is 2.49. The first-order valence-corrected chi connectivity index (χ1v) is 11.2. The molecule has 1 aliphatic heterocycles. The molecule has 5 heteroatoms. The SMILES string of the molecule is CCCOc1ccc(C2C3=C(CCCC3=O)N(CC)C3=C2C(=O)CCC3)cc1OC. The van der Waals surface area contributed by atoms with Crippen molar-refractivity contribution in [3.05, 3.63) is 46.3 Å². The van der Waals surface area contributed by atoms with E-state index in [-0.39, 0.29) is 17.5 Å². The topological polar surface area (TPSA) is 55.8 Å². The molecule has 1 aromatic rings. The fourth-order valence-electron chi connectivity index (χ4n) is 5.13. The van der Waals surface area contributed by atoms with Gasteiger partial charge >= 0.3 is 0 Å². The van der Waals surface area contributed by atoms with Crippen LogP contribution < -0.4 is 9.47 Å². The van der Waals surface area contributed by atoms with Crippen LogP contribution in [-0.4, -0.2) is 36.7 Å². The third kappa shape index (κ3) is 3.44. The molecule has 0 saturated heterocycles. The number of allylic oxidation sites excluding steroid dienone is 4. The molecule has 0 spiro atoms. The van der Waals surface area contributed by atoms with Gasteiger partial charge in [0.05, 0.1) is 13.7 Å². The predicted octanol–water partition coefficient (Wildman–Crippen LogP) is 4.92. The number of Topliss-reactive ketones (excluding diaryl/α,β-unsaturated/α-hetero) is 2. The number of hydrogen-bond donors (Lipinski definition) is 0. The third-order valence-corrected chi connectivity index (χ3v) is 6.39. The van der Waals surface area contributed by atoms with Crippen LogP contribution >= 0.6 is 0 Å². The molecular formula is C25H31NO4. The van der Waals surface area contributed by atoms with Crippen LogP contribution in [0.2, 0.25) is 0 Å². The number of carbonyl (C=O) groups excluding carboxylic acids is 2. The van der Waals surface area contributed by atoms with Crippen LogP contribution in [0.4, 0.5) is 0 Å². The lowest BCUT2D eigenvalue weighted by molar-refractivity contribution is -0.117. The van der Waals surface area contributed by atoms with Gasteiger partial charge in [-0.25, -0.2) is 0 Å². The summed E-state index contributed by atoms with van der Waals surface area (Å²) in [4.78, 5) is 28.5. The number of ether oxygens (including phenoxy) is 2. The van der Waals surface area contributed by atoms with Gasteiger partial charge in [0.2, 0.25) is 0 Å². The molecule has 0 saturated carbocycles. The first-order valence-electron chi connectivity index (χ1n) is 11.2. The minimum atomic E-state index is -0.299. The molecule has 1 heterocycles. The van der Waals surface area contributed by atoms with Crippen LogP contribution in [0.3, 0.4) is 0 Å². The molecule has 5 nitrogen and oxygen atoms in total. The van der Waals surface area contributed by atoms with Crippen molar-refractivity contribution >= 4 is 11.6 Å². The summed E-state index contributed by atoms with van der Waals surface area (Å²) in [6.45, 7) is 5.58. The summed E-state index contributed by atoms with van der Waals surface area (Å²) in [6, 6.07) is 5.87. The zero-order chi connectivity index (χ0) is 21.3. The van der Waals surface area contributed by atoms with E-state index in [0.29, 0.717) is 30.9 Å². The van der Waals surface area contributed by atoms with E-state index in [4.69, 9.17) is 9.47 Å². The van der Waals surface area contributed by atoms with Gasteiger partial charge in [0.25, 0.3) is 0 Å². The van der Waals surface area contributed by atoms with Crippen molar-refractivity contribution in [3.63, 3.8) is 0 Å². The van der Waals surface area contributed by atoms with Crippen LogP contribution in [0.5, 0.6) is 11.5 Å². The molecule has 0 aromatic heterocycles. The standard InChI is InChI=1S/C25H31NO4/c1-4-14-30-21-13-12-16(15-22(21)29-3)23-24-17(8-6-10-19(24)27)26(5-2)18-9-7-11-20(28)25(18)23/h12-13,15,23H,4-11,14H2,1-3H3. The maximum atomic E-state index is 13.1. The molecular weight excluding hydrogens is 378 g/mol. The van der Waals surface area contributed by atoms with Crippen LogP contribution in [0.25, 0.3) is 0 Å². The van der Waals surface area contributed by atoms with Crippen molar-refractivity contribution in [2.75, 3.05) is 20.3 Å². The average molecular weight is 410 g/mol. The van der Waals surface area contributed by atoms with Crippen LogP contribution in [0.15, 0.2) is 40.7 Å². The number of ketones is 2. The van der Waals surface area contributed by atoms with Gasteiger partial charge in [-0.1, -0.05) is 13.0 Å². The number of hydrogen-bond acceptors (Lipinski definition) is 5. The van der Waals surface area contributed by atoms with E-state index in [2.05, 4.69) is 18.7 Å². The first-order chi connectivity index (χ1) is 14.6. The van der Waals surface area contributed by atoms with E-state index < -0.39 is 0 Å². The molecule has 3 aliphatic rings. The molecule has 1 aromatic carbocycles. The summed E-state index contributed by atoms with van der Waals surface area (Å²) < 4.78 is 11.4. The van der Waals surface area contributed by atoms with Gasteiger partial charge < -0.3 is 14.4 Å². The van der Waals surface area contributed by atoms with Gasteiger partial charge in [-0.05, 0) is 56.7 Å². The number of carbonyl (C=O) groups is 2. The summed E-state index contributed by atoms with van der Waals surface area (Å²) in [5.41, 5.74) is 4.83. The summed E-state index contributed by atoms with van der Waals surface area (Å²) in [7, 11) is 1.63. The monoisotopic (exact) mass is 409 g/mol. The molecule has 0 fully saturated rings. The van der Waals surface area contributed by atoms with Crippen molar-refractivity contribution in [1.29, 1.82) is 0 Å². The second-order valence-electron chi connectivity index (χ2n) is 8.21. The Morgan fingerprint density at radius 3 is 2.10 bits per heavy atom. The molecule has 0 radical (unpaired) electrons. The molecule has 4 rings (SSSR count). The van der Waals surface area contributed by atoms with Crippen LogP contribution in [-0.2, 0) is 9.59 Å². The minimum Gasteiger partial charge on any atom is -0.493 e. The number of rotatable bonds is 6. The van der Waals surface area contributed by atoms with E-state index in [0.717, 1.165) is 66.8 Å². The van der Waals surface area contributed by atoms with Crippen molar-refractivity contribution < 1.29 is 19.1 Å². The van der Waals surface area contributed by atoms with Crippen LogP contribution in [0, 0.1) is 0 Å². The molecule has 2 aliphatic carbocycles. The summed E-state index contributed by atoms with van der Waals surface area (Å²) in [5, 5.41) is 0. The van der Waals surface area contributed by atoms with E-state index in [1.54, 1.807) is 7.11 Å². The Labute approximate surface area is 178 Å². The highest BCUT2D eigenvalue weighted by atomic mass is 16.5. The van der Waals surface area contributed by atoms with E-state index in [9.17, 15) is 9.59 Å². The van der Waals surface area contributed by atoms with E-state index in [1.165, 1.54) is 0 Å². The number of nitrogens with zero attached hydrogens (tertiary/aromatic N) is 1. The van der Waals surface area contributed by atoms with Gasteiger partial charge in [-0.15, -0.1) is 0 Å². The quantitative estimate of drug-likeness (QED) is 0.668. The number of methoxy groups -OCH3 is 1. The Kier molecular flexibility index (Phi) is 5.98. The Bertz CT molecular complexity index is 883. The maximum Gasteiger partial charge on any atom is 0.161 e. The van der Waals surface area contributed by atoms with Gasteiger partial charge in [-0.3, -0.25) is 9.59 Å². The minimum absolute atomic E-state index is 0.176. The fourth-order valence-corrected chi connectivity index (χ4v) is 5.13. The Morgan fingerprint density at radius 1 is 0.933 bits per heavy atom. The highest BCUT2D eigenvalue weighted by molar-refractivity contribution is 6.06. The maximum absolute atomic E-state index is 13.1. The van der Waals surface area contributed by atoms with Crippen molar-refractivity contribution in [1.82, 2.24) is 4.90 Å². The van der Waals surface area contributed by atoms with Gasteiger partial charge in [-0.2, -0.15) is 0 Å². The molecule has 0 bridgehead atoms. The Hall–Kier alpha value is -2.56. The second kappa shape index (κ2) is 8.66. The smallest absolute Gasteiger partial charge is 0.161 e. The van der Waals surface area contributed by atoms with Crippen molar-refractivity contribution in [2.45, 2.75) is 64.7 Å². The summed E-state index contributed by atoms with van der Waals surface area (Å²) >= 11 is 0. The van der Waals surface area contributed by atoms with Crippen molar-refractivity contribution in [3.8, 4) is 11.5 Å². The third-order valence-electron chi connectivity index (χ3n) is 6.39. The average Bonchev–Trinajstić information content (AvgIpc) is 2.76. The second-order valence-corrected chi connectivity index (χ2v) is 8.21. The highest BCUT2D eigenvalue weighted by Gasteiger charge is 2.43. The Morgan fingerprint density at radius 2 is 1.57 bits per heavy atom. The normalized spacial score (nSPS) is 19.8. The van der Waals surface area contributed by atoms with E-state index in [1.807, 2.05) is 18.2 Å². The molecule has 160 valence electrons.